The summed E-state index contributed by atoms with van der Waals surface area (Å²) in [6, 6.07) is 0. The minimum absolute atomic E-state index is 0.165. The van der Waals surface area contributed by atoms with Crippen molar-refractivity contribution in [2.45, 2.75) is 31.2 Å². The predicted molar refractivity (Wildman–Crippen MR) is 70.8 cm³/mol. The molecule has 0 spiro atoms. The molecule has 98 valence electrons. The van der Waals surface area contributed by atoms with Gasteiger partial charge in [0.1, 0.15) is 5.82 Å². The molecule has 0 aliphatic rings. The standard InChI is InChI=1S/C10H18BrN3O2S/c1-9-12-8-10(13-9)17(15,16)14(2)7-5-3-4-6-11/h8H,3-7H2,1-2H3,(H,12,13). The minimum atomic E-state index is -3.40. The summed E-state index contributed by atoms with van der Waals surface area (Å²) in [5, 5.41) is 1.13. The fraction of sp³-hybridized carbons (Fsp3) is 0.700. The fourth-order valence-electron chi connectivity index (χ4n) is 1.42. The van der Waals surface area contributed by atoms with Crippen molar-refractivity contribution in [3.63, 3.8) is 0 Å². The SMILES string of the molecule is Cc1ncc(S(=O)(=O)N(C)CCCCCBr)[nH]1. The topological polar surface area (TPSA) is 66.1 Å². The summed E-state index contributed by atoms with van der Waals surface area (Å²) in [6.07, 6.45) is 4.32. The summed E-state index contributed by atoms with van der Waals surface area (Å²) in [5.74, 6) is 0.608. The number of aryl methyl sites for hydroxylation is 1. The van der Waals surface area contributed by atoms with Crippen molar-refractivity contribution < 1.29 is 8.42 Å². The van der Waals surface area contributed by atoms with Crippen LogP contribution in [-0.4, -0.2) is 41.6 Å². The number of H-pyrrole nitrogens is 1. The molecule has 1 rings (SSSR count). The van der Waals surface area contributed by atoms with Crippen LogP contribution < -0.4 is 0 Å². The molecule has 1 N–H and O–H groups in total. The molecule has 0 atom stereocenters. The summed E-state index contributed by atoms with van der Waals surface area (Å²) >= 11 is 3.35. The Hall–Kier alpha value is -0.400. The first-order valence-electron chi connectivity index (χ1n) is 5.52. The zero-order valence-corrected chi connectivity index (χ0v) is 12.5. The van der Waals surface area contributed by atoms with Gasteiger partial charge >= 0.3 is 0 Å². The van der Waals surface area contributed by atoms with Crippen LogP contribution in [0, 0.1) is 6.92 Å². The highest BCUT2D eigenvalue weighted by molar-refractivity contribution is 9.09. The van der Waals surface area contributed by atoms with Crippen molar-refractivity contribution in [2.75, 3.05) is 18.9 Å². The van der Waals surface area contributed by atoms with Gasteiger partial charge in [0.2, 0.25) is 0 Å². The van der Waals surface area contributed by atoms with E-state index in [1.54, 1.807) is 14.0 Å². The summed E-state index contributed by atoms with van der Waals surface area (Å²) in [5.41, 5.74) is 0. The van der Waals surface area contributed by atoms with E-state index in [1.165, 1.54) is 10.5 Å². The summed E-state index contributed by atoms with van der Waals surface area (Å²) in [6.45, 7) is 2.27. The minimum Gasteiger partial charge on any atom is -0.332 e. The lowest BCUT2D eigenvalue weighted by molar-refractivity contribution is 0.452. The summed E-state index contributed by atoms with van der Waals surface area (Å²) in [7, 11) is -1.80. The van der Waals surface area contributed by atoms with Crippen LogP contribution in [-0.2, 0) is 10.0 Å². The molecule has 1 aromatic heterocycles. The van der Waals surface area contributed by atoms with Crippen LogP contribution in [0.5, 0.6) is 0 Å². The Balaban J connectivity index is 2.58. The Labute approximate surface area is 111 Å². The molecule has 0 aromatic carbocycles. The van der Waals surface area contributed by atoms with Crippen LogP contribution in [0.3, 0.4) is 0 Å². The smallest absolute Gasteiger partial charge is 0.259 e. The third kappa shape index (κ3) is 4.08. The van der Waals surface area contributed by atoms with E-state index in [1.807, 2.05) is 0 Å². The van der Waals surface area contributed by atoms with Gasteiger partial charge in [-0.2, -0.15) is 4.31 Å². The lowest BCUT2D eigenvalue weighted by Gasteiger charge is -2.15. The predicted octanol–water partition coefficient (Wildman–Crippen LogP) is 1.90. The van der Waals surface area contributed by atoms with Crippen molar-refractivity contribution in [1.82, 2.24) is 14.3 Å². The zero-order chi connectivity index (χ0) is 12.9. The number of unbranched alkanes of at least 4 members (excludes halogenated alkanes) is 2. The molecule has 17 heavy (non-hydrogen) atoms. The molecule has 5 nitrogen and oxygen atoms in total. The van der Waals surface area contributed by atoms with Gasteiger partial charge in [-0.15, -0.1) is 0 Å². The average molecular weight is 324 g/mol. The van der Waals surface area contributed by atoms with Crippen molar-refractivity contribution in [3.05, 3.63) is 12.0 Å². The van der Waals surface area contributed by atoms with Gasteiger partial charge in [-0.25, -0.2) is 13.4 Å². The molecule has 1 aromatic rings. The van der Waals surface area contributed by atoms with Gasteiger partial charge in [0.05, 0.1) is 6.20 Å². The number of aromatic amines is 1. The molecular weight excluding hydrogens is 306 g/mol. The summed E-state index contributed by atoms with van der Waals surface area (Å²) in [4.78, 5) is 6.66. The molecule has 0 saturated carbocycles. The van der Waals surface area contributed by atoms with E-state index in [4.69, 9.17) is 0 Å². The third-order valence-electron chi connectivity index (χ3n) is 2.47. The van der Waals surface area contributed by atoms with Gasteiger partial charge in [-0.3, -0.25) is 0 Å². The number of halogens is 1. The second-order valence-electron chi connectivity index (χ2n) is 3.91. The first-order valence-corrected chi connectivity index (χ1v) is 8.08. The Morgan fingerprint density at radius 1 is 1.41 bits per heavy atom. The lowest BCUT2D eigenvalue weighted by Crippen LogP contribution is -2.28. The van der Waals surface area contributed by atoms with Crippen LogP contribution in [0.25, 0.3) is 0 Å². The third-order valence-corrected chi connectivity index (χ3v) is 4.80. The van der Waals surface area contributed by atoms with E-state index in [2.05, 4.69) is 25.9 Å². The van der Waals surface area contributed by atoms with E-state index < -0.39 is 10.0 Å². The van der Waals surface area contributed by atoms with E-state index in [0.717, 1.165) is 24.6 Å². The molecule has 0 amide bonds. The van der Waals surface area contributed by atoms with Crippen molar-refractivity contribution >= 4 is 26.0 Å². The first kappa shape index (κ1) is 14.7. The lowest BCUT2D eigenvalue weighted by atomic mass is 10.2. The maximum absolute atomic E-state index is 12.1. The highest BCUT2D eigenvalue weighted by Crippen LogP contribution is 2.12. The van der Waals surface area contributed by atoms with Gasteiger partial charge in [0.25, 0.3) is 10.0 Å². The van der Waals surface area contributed by atoms with E-state index in [0.29, 0.717) is 12.4 Å². The van der Waals surface area contributed by atoms with Gasteiger partial charge in [-0.05, 0) is 19.8 Å². The maximum Gasteiger partial charge on any atom is 0.259 e. The highest BCUT2D eigenvalue weighted by atomic mass is 79.9. The van der Waals surface area contributed by atoms with Crippen molar-refractivity contribution in [1.29, 1.82) is 0 Å². The monoisotopic (exact) mass is 323 g/mol. The Morgan fingerprint density at radius 2 is 2.12 bits per heavy atom. The Bertz CT molecular complexity index is 444. The van der Waals surface area contributed by atoms with E-state index >= 15 is 0 Å². The van der Waals surface area contributed by atoms with Gasteiger partial charge in [0, 0.05) is 18.9 Å². The molecule has 0 aliphatic heterocycles. The second-order valence-corrected chi connectivity index (χ2v) is 6.72. The molecule has 7 heteroatoms. The first-order chi connectivity index (χ1) is 7.98. The Morgan fingerprint density at radius 3 is 2.65 bits per heavy atom. The number of hydrogen-bond acceptors (Lipinski definition) is 3. The average Bonchev–Trinajstić information content (AvgIpc) is 2.71. The molecule has 0 bridgehead atoms. The van der Waals surface area contributed by atoms with E-state index in [-0.39, 0.29) is 5.03 Å². The molecule has 0 aliphatic carbocycles. The molecule has 0 radical (unpaired) electrons. The zero-order valence-electron chi connectivity index (χ0n) is 10.1. The van der Waals surface area contributed by atoms with Crippen LogP contribution in [0.15, 0.2) is 11.2 Å². The van der Waals surface area contributed by atoms with Crippen molar-refractivity contribution in [3.8, 4) is 0 Å². The molecular formula is C10H18BrN3O2S. The summed E-state index contributed by atoms with van der Waals surface area (Å²) < 4.78 is 25.5. The number of nitrogens with zero attached hydrogens (tertiary/aromatic N) is 2. The molecule has 0 fully saturated rings. The number of aromatic nitrogens is 2. The van der Waals surface area contributed by atoms with Gasteiger partial charge < -0.3 is 4.98 Å². The quantitative estimate of drug-likeness (QED) is 0.615. The van der Waals surface area contributed by atoms with Crippen LogP contribution >= 0.6 is 15.9 Å². The number of alkyl halides is 1. The number of nitrogens with one attached hydrogen (secondary N) is 1. The largest absolute Gasteiger partial charge is 0.332 e. The highest BCUT2D eigenvalue weighted by Gasteiger charge is 2.22. The number of sulfonamides is 1. The number of hydrogen-bond donors (Lipinski definition) is 1. The number of rotatable bonds is 7. The fourth-order valence-corrected chi connectivity index (χ4v) is 2.99. The van der Waals surface area contributed by atoms with Gasteiger partial charge in [-0.1, -0.05) is 22.4 Å². The molecule has 0 unspecified atom stereocenters. The number of imidazole rings is 1. The van der Waals surface area contributed by atoms with Crippen LogP contribution in [0.2, 0.25) is 0 Å². The normalized spacial score (nSPS) is 12.2. The van der Waals surface area contributed by atoms with Gasteiger partial charge in [0.15, 0.2) is 5.03 Å². The van der Waals surface area contributed by atoms with Crippen LogP contribution in [0.4, 0.5) is 0 Å². The Kier molecular flexibility index (Phi) is 5.61. The van der Waals surface area contributed by atoms with Crippen LogP contribution in [0.1, 0.15) is 25.1 Å². The van der Waals surface area contributed by atoms with E-state index in [9.17, 15) is 8.42 Å². The molecule has 1 heterocycles. The second kappa shape index (κ2) is 6.51. The molecule has 0 saturated heterocycles. The maximum atomic E-state index is 12.1. The van der Waals surface area contributed by atoms with Crippen molar-refractivity contribution in [2.24, 2.45) is 0 Å².